The van der Waals surface area contributed by atoms with E-state index in [1.54, 1.807) is 0 Å². The fourth-order valence-corrected chi connectivity index (χ4v) is 1.84. The molecule has 8 heteroatoms. The van der Waals surface area contributed by atoms with E-state index in [9.17, 15) is 13.6 Å². The molecule has 0 unspecified atom stereocenters. The summed E-state index contributed by atoms with van der Waals surface area (Å²) >= 11 is 0. The second-order valence-corrected chi connectivity index (χ2v) is 4.09. The van der Waals surface area contributed by atoms with E-state index in [-0.39, 0.29) is 36.5 Å². The lowest BCUT2D eigenvalue weighted by molar-refractivity contribution is 0.0689. The van der Waals surface area contributed by atoms with Crippen LogP contribution in [0, 0.1) is 11.6 Å². The molecule has 6 nitrogen and oxygen atoms in total. The maximum atomic E-state index is 13.6. The predicted molar refractivity (Wildman–Crippen MR) is 65.2 cm³/mol. The summed E-state index contributed by atoms with van der Waals surface area (Å²) in [6, 6.07) is 3.49. The molecule has 2 aromatic rings. The minimum atomic E-state index is -1.26. The third-order valence-corrected chi connectivity index (χ3v) is 2.79. The number of carboxylic acids is 1. The van der Waals surface area contributed by atoms with E-state index in [0.717, 1.165) is 16.8 Å². The van der Waals surface area contributed by atoms with Gasteiger partial charge in [-0.3, -0.25) is 0 Å². The molecule has 0 fully saturated rings. The first-order chi connectivity index (χ1) is 9.54. The molecule has 1 aromatic heterocycles. The standard InChI is InChI=1S/C12H12F2N4O2/c13-8-2-1-3-9(14)7(8)6-18-10(4-5-15)11(12(19)20)16-17-18/h1-3H,4-6,15H2,(H,19,20). The average Bonchev–Trinajstić information content (AvgIpc) is 2.78. The summed E-state index contributed by atoms with van der Waals surface area (Å²) in [5.41, 5.74) is 5.18. The molecule has 1 heterocycles. The maximum absolute atomic E-state index is 13.6. The van der Waals surface area contributed by atoms with Crippen LogP contribution in [0.2, 0.25) is 0 Å². The summed E-state index contributed by atoms with van der Waals surface area (Å²) < 4.78 is 28.3. The van der Waals surface area contributed by atoms with E-state index >= 15 is 0 Å². The lowest BCUT2D eigenvalue weighted by Gasteiger charge is -2.08. The minimum absolute atomic E-state index is 0.174. The number of benzene rings is 1. The number of nitrogens with two attached hydrogens (primary N) is 1. The van der Waals surface area contributed by atoms with Gasteiger partial charge in [-0.2, -0.15) is 0 Å². The highest BCUT2D eigenvalue weighted by atomic mass is 19.1. The summed E-state index contributed by atoms with van der Waals surface area (Å²) in [4.78, 5) is 11.0. The molecule has 0 radical (unpaired) electrons. The number of nitrogens with zero attached hydrogens (tertiary/aromatic N) is 3. The van der Waals surface area contributed by atoms with E-state index < -0.39 is 17.6 Å². The monoisotopic (exact) mass is 282 g/mol. The van der Waals surface area contributed by atoms with Crippen molar-refractivity contribution < 1.29 is 18.7 Å². The van der Waals surface area contributed by atoms with Crippen molar-refractivity contribution in [1.29, 1.82) is 0 Å². The summed E-state index contributed by atoms with van der Waals surface area (Å²) in [7, 11) is 0. The SMILES string of the molecule is NCCc1c(C(=O)O)nnn1Cc1c(F)cccc1F. The zero-order valence-electron chi connectivity index (χ0n) is 10.4. The van der Waals surface area contributed by atoms with Crippen LogP contribution in [0.3, 0.4) is 0 Å². The molecule has 3 N–H and O–H groups in total. The first-order valence-electron chi connectivity index (χ1n) is 5.83. The fourth-order valence-electron chi connectivity index (χ4n) is 1.84. The molecule has 0 amide bonds. The van der Waals surface area contributed by atoms with Crippen molar-refractivity contribution in [2.45, 2.75) is 13.0 Å². The third-order valence-electron chi connectivity index (χ3n) is 2.79. The summed E-state index contributed by atoms with van der Waals surface area (Å²) in [6.45, 7) is -0.0679. The van der Waals surface area contributed by atoms with Crippen molar-refractivity contribution >= 4 is 5.97 Å². The molecule has 20 heavy (non-hydrogen) atoms. The Morgan fingerprint density at radius 3 is 2.55 bits per heavy atom. The smallest absolute Gasteiger partial charge is 0.358 e. The van der Waals surface area contributed by atoms with Crippen molar-refractivity contribution in [3.8, 4) is 0 Å². The lowest BCUT2D eigenvalue weighted by atomic mass is 10.2. The normalized spacial score (nSPS) is 10.8. The van der Waals surface area contributed by atoms with Crippen LogP contribution in [0.1, 0.15) is 21.7 Å². The van der Waals surface area contributed by atoms with Crippen LogP contribution in [0.5, 0.6) is 0 Å². The number of aromatic nitrogens is 3. The van der Waals surface area contributed by atoms with Gasteiger partial charge >= 0.3 is 5.97 Å². The Hall–Kier alpha value is -2.35. The van der Waals surface area contributed by atoms with Crippen LogP contribution in [0.15, 0.2) is 18.2 Å². The molecule has 2 rings (SSSR count). The highest BCUT2D eigenvalue weighted by Crippen LogP contribution is 2.15. The molecular formula is C12H12F2N4O2. The average molecular weight is 282 g/mol. The zero-order valence-corrected chi connectivity index (χ0v) is 10.4. The number of carbonyl (C=O) groups is 1. The third kappa shape index (κ3) is 2.64. The lowest BCUT2D eigenvalue weighted by Crippen LogP contribution is -2.15. The van der Waals surface area contributed by atoms with Gasteiger partial charge in [0.2, 0.25) is 0 Å². The second-order valence-electron chi connectivity index (χ2n) is 4.09. The van der Waals surface area contributed by atoms with Crippen molar-refractivity contribution in [3.63, 3.8) is 0 Å². The summed E-state index contributed by atoms with van der Waals surface area (Å²) in [5.74, 6) is -2.71. The fraction of sp³-hybridized carbons (Fsp3) is 0.250. The van der Waals surface area contributed by atoms with Crippen LogP contribution >= 0.6 is 0 Å². The van der Waals surface area contributed by atoms with Crippen molar-refractivity contribution in [3.05, 3.63) is 46.8 Å². The number of aromatic carboxylic acids is 1. The molecule has 0 spiro atoms. The van der Waals surface area contributed by atoms with Crippen molar-refractivity contribution in [2.75, 3.05) is 6.54 Å². The molecule has 0 aliphatic heterocycles. The van der Waals surface area contributed by atoms with Gasteiger partial charge in [0.1, 0.15) is 11.6 Å². The topological polar surface area (TPSA) is 94.0 Å². The van der Waals surface area contributed by atoms with Gasteiger partial charge in [0, 0.05) is 12.0 Å². The van der Waals surface area contributed by atoms with Gasteiger partial charge < -0.3 is 10.8 Å². The molecule has 1 aromatic carbocycles. The quantitative estimate of drug-likeness (QED) is 0.846. The van der Waals surface area contributed by atoms with Crippen molar-refractivity contribution in [2.24, 2.45) is 5.73 Å². The first kappa shape index (κ1) is 14.1. The molecule has 0 aliphatic rings. The molecule has 0 bridgehead atoms. The second kappa shape index (κ2) is 5.74. The Bertz CT molecular complexity index is 622. The van der Waals surface area contributed by atoms with Crippen molar-refractivity contribution in [1.82, 2.24) is 15.0 Å². The number of rotatable bonds is 5. The van der Waals surface area contributed by atoms with Gasteiger partial charge in [-0.1, -0.05) is 11.3 Å². The number of halogens is 2. The Morgan fingerprint density at radius 1 is 1.35 bits per heavy atom. The first-order valence-corrected chi connectivity index (χ1v) is 5.83. The highest BCUT2D eigenvalue weighted by Gasteiger charge is 2.20. The molecule has 106 valence electrons. The van der Waals surface area contributed by atoms with Gasteiger partial charge in [-0.15, -0.1) is 5.10 Å². The Morgan fingerprint density at radius 2 is 2.00 bits per heavy atom. The van der Waals surface area contributed by atoms with Gasteiger partial charge in [0.25, 0.3) is 0 Å². The highest BCUT2D eigenvalue weighted by molar-refractivity contribution is 5.86. The van der Waals surface area contributed by atoms with E-state index in [2.05, 4.69) is 10.3 Å². The van der Waals surface area contributed by atoms with E-state index in [1.165, 1.54) is 6.07 Å². The Labute approximate surface area is 112 Å². The largest absolute Gasteiger partial charge is 0.476 e. The Kier molecular flexibility index (Phi) is 4.04. The zero-order chi connectivity index (χ0) is 14.7. The summed E-state index contributed by atoms with van der Waals surface area (Å²) in [6.07, 6.45) is 0.199. The predicted octanol–water partition coefficient (Wildman–Crippen LogP) is 0.804. The van der Waals surface area contributed by atoms with Crippen LogP contribution in [0.25, 0.3) is 0 Å². The number of hydrogen-bond donors (Lipinski definition) is 2. The minimum Gasteiger partial charge on any atom is -0.476 e. The van der Waals surface area contributed by atoms with Crippen LogP contribution in [-0.4, -0.2) is 32.6 Å². The van der Waals surface area contributed by atoms with Gasteiger partial charge in [-0.05, 0) is 18.7 Å². The van der Waals surface area contributed by atoms with E-state index in [4.69, 9.17) is 10.8 Å². The Balaban J connectivity index is 2.41. The summed E-state index contributed by atoms with van der Waals surface area (Å²) in [5, 5.41) is 16.1. The van der Waals surface area contributed by atoms with Crippen LogP contribution in [-0.2, 0) is 13.0 Å². The van der Waals surface area contributed by atoms with Crippen LogP contribution < -0.4 is 5.73 Å². The van der Waals surface area contributed by atoms with Gasteiger partial charge in [0.05, 0.1) is 12.2 Å². The molecule has 0 saturated carbocycles. The van der Waals surface area contributed by atoms with Gasteiger partial charge in [0.15, 0.2) is 5.69 Å². The molecule has 0 saturated heterocycles. The number of hydrogen-bond acceptors (Lipinski definition) is 4. The van der Waals surface area contributed by atoms with E-state index in [0.29, 0.717) is 0 Å². The van der Waals surface area contributed by atoms with Gasteiger partial charge in [-0.25, -0.2) is 18.3 Å². The number of carboxylic acid groups (broad SMARTS) is 1. The molecule has 0 aliphatic carbocycles. The molecular weight excluding hydrogens is 270 g/mol. The molecule has 0 atom stereocenters. The van der Waals surface area contributed by atoms with Crippen LogP contribution in [0.4, 0.5) is 8.78 Å². The van der Waals surface area contributed by atoms with E-state index in [1.807, 2.05) is 0 Å². The maximum Gasteiger partial charge on any atom is 0.358 e.